The molecule has 0 aliphatic rings. The van der Waals surface area contributed by atoms with Gasteiger partial charge in [-0.1, -0.05) is 182 Å². The molecule has 30 heteroatoms. The van der Waals surface area contributed by atoms with Crippen LogP contribution in [-0.2, 0) is 66.7 Å². The molecule has 0 amide bonds. The van der Waals surface area contributed by atoms with Crippen LogP contribution in [0.3, 0.4) is 0 Å². The molecule has 0 aromatic heterocycles. The van der Waals surface area contributed by atoms with E-state index in [4.69, 9.17) is 56.8 Å². The Morgan fingerprint density at radius 3 is 0.333 bits per heavy atom. The van der Waals surface area contributed by atoms with E-state index >= 15 is 0 Å². The van der Waals surface area contributed by atoms with Gasteiger partial charge in [0.2, 0.25) is 0 Å². The smallest absolute Gasteiger partial charge is 0.540 e. The van der Waals surface area contributed by atoms with E-state index in [1.54, 1.807) is 0 Å². The third kappa shape index (κ3) is 105. The predicted octanol–water partition coefficient (Wildman–Crippen LogP) is 11.2. The first kappa shape index (κ1) is 96.1. The third-order valence-electron chi connectivity index (χ3n) is 9.00. The van der Waals surface area contributed by atoms with Gasteiger partial charge in [-0.25, -0.2) is 0 Å². The summed E-state index contributed by atoms with van der Waals surface area (Å²) in [5.41, 5.74) is 8.42. The van der Waals surface area contributed by atoms with Crippen molar-refractivity contribution in [2.24, 2.45) is 0 Å². The summed E-state index contributed by atoms with van der Waals surface area (Å²) in [5.74, 6) is 0. The normalized spacial score (nSPS) is 11.4. The molecule has 0 saturated carbocycles. The Kier molecular flexibility index (Phi) is 58.3. The lowest BCUT2D eigenvalue weighted by molar-refractivity contribution is -0.884. The van der Waals surface area contributed by atoms with Gasteiger partial charge >= 0.3 is 50.0 Å². The molecular formula is C60H96F6N6O12P6+6. The van der Waals surface area contributed by atoms with Gasteiger partial charge in [-0.2, -0.15) is 0 Å². The minimum absolute atomic E-state index is 0.990. The highest BCUT2D eigenvalue weighted by Gasteiger charge is 2.11. The van der Waals surface area contributed by atoms with Crippen molar-refractivity contribution in [3.05, 3.63) is 215 Å². The van der Waals surface area contributed by atoms with Crippen molar-refractivity contribution in [2.75, 3.05) is 127 Å². The lowest BCUT2D eigenvalue weighted by atomic mass is 10.2. The van der Waals surface area contributed by atoms with Gasteiger partial charge in [0.15, 0.2) is 0 Å². The average molecular weight is 1390 g/mol. The Morgan fingerprint density at radius 2 is 0.278 bits per heavy atom. The highest BCUT2D eigenvalue weighted by atomic mass is 31.2. The number of hydrogen-bond donors (Lipinski definition) is 0. The van der Waals surface area contributed by atoms with Gasteiger partial charge in [0.1, 0.15) is 39.3 Å². The molecule has 0 bridgehead atoms. The van der Waals surface area contributed by atoms with Crippen molar-refractivity contribution in [1.29, 1.82) is 0 Å². The Bertz CT molecular complexity index is 2260. The van der Waals surface area contributed by atoms with E-state index in [1.165, 1.54) is 33.4 Å². The lowest BCUT2D eigenvalue weighted by Crippen LogP contribution is -2.33. The lowest BCUT2D eigenvalue weighted by Gasteiger charge is -2.23. The number of benzene rings is 6. The van der Waals surface area contributed by atoms with E-state index in [0.717, 1.165) is 66.2 Å². The highest BCUT2D eigenvalue weighted by molar-refractivity contribution is 7.30. The summed E-state index contributed by atoms with van der Waals surface area (Å²) in [7, 11) is 17.9. The fraction of sp³-hybridized carbons (Fsp3) is 0.400. The molecule has 0 heterocycles. The van der Waals surface area contributed by atoms with E-state index < -0.39 is 50.0 Å². The van der Waals surface area contributed by atoms with Crippen molar-refractivity contribution in [3.8, 4) is 0 Å². The maximum absolute atomic E-state index is 9.95. The van der Waals surface area contributed by atoms with Gasteiger partial charge in [-0.05, 0) is 27.4 Å². The molecule has 18 nitrogen and oxygen atoms in total. The van der Waals surface area contributed by atoms with Crippen molar-refractivity contribution >= 4 is 50.0 Å². The van der Waals surface area contributed by atoms with Crippen LogP contribution in [0.25, 0.3) is 0 Å². The zero-order chi connectivity index (χ0) is 71.4. The summed E-state index contributed by atoms with van der Waals surface area (Å²) in [6.07, 6.45) is 0. The van der Waals surface area contributed by atoms with Crippen molar-refractivity contribution in [2.45, 2.75) is 39.3 Å². The van der Waals surface area contributed by atoms with Crippen molar-refractivity contribution in [3.63, 3.8) is 0 Å². The molecular weight excluding hydrogens is 1300 g/mol. The summed E-state index contributed by atoms with van der Waals surface area (Å²) in [6, 6.07) is 63.4. The quantitative estimate of drug-likeness (QED) is 0.0631. The van der Waals surface area contributed by atoms with E-state index in [0.29, 0.717) is 0 Å². The zero-order valence-corrected chi connectivity index (χ0v) is 60.5. The van der Waals surface area contributed by atoms with Gasteiger partial charge < -0.3 is 56.3 Å². The molecule has 0 spiro atoms. The molecule has 6 aromatic rings. The van der Waals surface area contributed by atoms with Crippen molar-refractivity contribution < 1.29 is 109 Å². The fourth-order valence-corrected chi connectivity index (χ4v) is 6.79. The summed E-state index contributed by atoms with van der Waals surface area (Å²) in [4.78, 5) is 50.2. The van der Waals surface area contributed by atoms with Crippen LogP contribution in [0.2, 0.25) is 0 Å². The second kappa shape index (κ2) is 54.6. The minimum Gasteiger partial charge on any atom is -0.562 e. The van der Waals surface area contributed by atoms with Crippen LogP contribution < -0.4 is 29.4 Å². The Labute approximate surface area is 538 Å². The number of quaternary nitrogens is 6. The minimum atomic E-state index is -3.62. The maximum atomic E-state index is 9.95. The van der Waals surface area contributed by atoms with E-state index in [1.807, 2.05) is 0 Å². The second-order valence-corrected chi connectivity index (χ2v) is 27.4. The summed E-state index contributed by atoms with van der Waals surface area (Å²) in [5, 5.41) is 0. The van der Waals surface area contributed by atoms with Gasteiger partial charge in [0.05, 0.1) is 152 Å². The van der Waals surface area contributed by atoms with Gasteiger partial charge in [-0.3, -0.25) is 0 Å². The van der Waals surface area contributed by atoms with Gasteiger partial charge in [-0.15, -0.1) is 0 Å². The van der Waals surface area contributed by atoms with Crippen LogP contribution >= 0.6 is 50.0 Å². The monoisotopic (exact) mass is 1390 g/mol. The van der Waals surface area contributed by atoms with Crippen LogP contribution in [0.1, 0.15) is 33.4 Å². The highest BCUT2D eigenvalue weighted by Crippen LogP contribution is 2.11. The van der Waals surface area contributed by atoms with Crippen LogP contribution in [0, 0.1) is 0 Å². The molecule has 6 rings (SSSR count). The first-order valence-electron chi connectivity index (χ1n) is 26.7. The van der Waals surface area contributed by atoms with Crippen molar-refractivity contribution in [1.82, 2.24) is 0 Å². The molecule has 0 saturated heterocycles. The molecule has 6 aromatic carbocycles. The molecule has 0 aliphatic carbocycles. The second-order valence-electron chi connectivity index (χ2n) is 24.9. The Balaban J connectivity index is -0.000000219. The molecule has 0 fully saturated rings. The maximum Gasteiger partial charge on any atom is 0.540 e. The van der Waals surface area contributed by atoms with E-state index in [9.17, 15) is 25.2 Å². The molecule has 0 radical (unpaired) electrons. The summed E-state index contributed by atoms with van der Waals surface area (Å²) >= 11 is 0. The standard InChI is InChI=1S/6C10H16N.6FO2P/c6*1-11(2,3)9-10-7-5-4-6-8-10;6*1-4(2)3/h6*4-8H,9H2,1-3H3;;;;;;/q6*+1;;;;;;. The largest absolute Gasteiger partial charge is 0.562 e. The molecule has 0 N–H and O–H groups in total. The zero-order valence-electron chi connectivity index (χ0n) is 55.1. The molecule has 0 aliphatic heterocycles. The average Bonchev–Trinajstić information content (AvgIpc) is 3.30. The number of nitrogens with zero attached hydrogens (tertiary/aromatic N) is 6. The topological polar surface area (TPSA) is 241 Å². The summed E-state index contributed by atoms with van der Waals surface area (Å²) in [6.45, 7) is 6.59. The van der Waals surface area contributed by atoms with Crippen LogP contribution in [-0.4, -0.2) is 154 Å². The molecule has 6 unspecified atom stereocenters. The molecule has 504 valence electrons. The number of rotatable bonds is 12. The Morgan fingerprint density at radius 1 is 0.211 bits per heavy atom. The van der Waals surface area contributed by atoms with E-state index in [2.05, 4.69) is 309 Å². The first-order chi connectivity index (χ1) is 40.9. The predicted molar refractivity (Wildman–Crippen MR) is 341 cm³/mol. The van der Waals surface area contributed by atoms with Crippen LogP contribution in [0.5, 0.6) is 0 Å². The summed E-state index contributed by atoms with van der Waals surface area (Å²) < 4.78 is 116. The fourth-order valence-electron chi connectivity index (χ4n) is 6.79. The van der Waals surface area contributed by atoms with Gasteiger partial charge in [0.25, 0.3) is 0 Å². The Hall–Kier alpha value is -4.98. The van der Waals surface area contributed by atoms with E-state index in [-0.39, 0.29) is 0 Å². The third-order valence-corrected chi connectivity index (χ3v) is 9.00. The SMILES string of the molecule is C[N+](C)(C)Cc1ccccc1.C[N+](C)(C)Cc1ccccc1.C[N+](C)(C)Cc1ccccc1.C[N+](C)(C)Cc1ccccc1.C[N+](C)(C)Cc1ccccc1.C[N+](C)(C)Cc1ccccc1.O=[P+]([O-])F.O=[P+]([O-])F.O=[P+]([O-])F.O=[P+]([O-])F.O=[P+]([O-])F.O=[P+]([O-])F. The molecule has 90 heavy (non-hydrogen) atoms. The number of halogens is 6. The van der Waals surface area contributed by atoms with Crippen LogP contribution in [0.4, 0.5) is 25.2 Å². The first-order valence-corrected chi connectivity index (χ1v) is 33.1. The van der Waals surface area contributed by atoms with Gasteiger partial charge in [0, 0.05) is 33.4 Å². The molecule has 6 atom stereocenters. The number of hydrogen-bond acceptors (Lipinski definition) is 12. The van der Waals surface area contributed by atoms with Crippen LogP contribution in [0.15, 0.2) is 182 Å².